The summed E-state index contributed by atoms with van der Waals surface area (Å²) in [5, 5.41) is 0. The lowest BCUT2D eigenvalue weighted by atomic mass is 9.95. The molecule has 1 aromatic rings. The molecule has 2 rings (SSSR count). The van der Waals surface area contributed by atoms with Crippen LogP contribution in [-0.4, -0.2) is 6.61 Å². The van der Waals surface area contributed by atoms with Crippen LogP contribution in [0.2, 0.25) is 0 Å². The normalized spacial score (nSPS) is 21.2. The molecule has 0 N–H and O–H groups in total. The number of hydrogen-bond acceptors (Lipinski definition) is 1. The highest BCUT2D eigenvalue weighted by molar-refractivity contribution is 5.34. The van der Waals surface area contributed by atoms with Crippen LogP contribution in [0.25, 0.3) is 0 Å². The largest absolute Gasteiger partial charge is 0.493 e. The van der Waals surface area contributed by atoms with Gasteiger partial charge in [0.15, 0.2) is 0 Å². The van der Waals surface area contributed by atoms with Crippen LogP contribution in [0.1, 0.15) is 18.9 Å². The molecule has 0 aliphatic carbocycles. The molecular weight excluding hydrogens is 148 g/mol. The lowest BCUT2D eigenvalue weighted by molar-refractivity contribution is 0.218. The second-order valence-corrected chi connectivity index (χ2v) is 3.40. The Morgan fingerprint density at radius 1 is 1.42 bits per heavy atom. The fourth-order valence-corrected chi connectivity index (χ4v) is 1.65. The molecule has 12 heavy (non-hydrogen) atoms. The highest BCUT2D eigenvalue weighted by Gasteiger charge is 2.16. The molecule has 1 nitrogen and oxygen atoms in total. The van der Waals surface area contributed by atoms with Crippen molar-refractivity contribution in [3.05, 3.63) is 29.8 Å². The van der Waals surface area contributed by atoms with E-state index in [0.717, 1.165) is 18.3 Å². The zero-order valence-corrected chi connectivity index (χ0v) is 7.42. The average Bonchev–Trinajstić information content (AvgIpc) is 2.17. The van der Waals surface area contributed by atoms with Crippen LogP contribution in [0, 0.1) is 5.92 Å². The van der Waals surface area contributed by atoms with Gasteiger partial charge in [-0.2, -0.15) is 0 Å². The minimum Gasteiger partial charge on any atom is -0.493 e. The molecule has 1 aliphatic rings. The van der Waals surface area contributed by atoms with Gasteiger partial charge in [-0.15, -0.1) is 0 Å². The third-order valence-corrected chi connectivity index (χ3v) is 2.53. The number of benzene rings is 1. The molecule has 1 atom stereocenters. The van der Waals surface area contributed by atoms with E-state index < -0.39 is 0 Å². The molecule has 0 saturated carbocycles. The van der Waals surface area contributed by atoms with E-state index in [1.165, 1.54) is 18.4 Å². The third kappa shape index (κ3) is 1.31. The van der Waals surface area contributed by atoms with Crippen molar-refractivity contribution in [3.8, 4) is 5.75 Å². The lowest BCUT2D eigenvalue weighted by Gasteiger charge is -2.23. The van der Waals surface area contributed by atoms with Crippen LogP contribution >= 0.6 is 0 Å². The van der Waals surface area contributed by atoms with Gasteiger partial charge in [-0.25, -0.2) is 0 Å². The standard InChI is InChI=1S/C11H14O/c1-2-9-7-10-5-3-4-6-11(10)12-8-9/h3-6,9H,2,7-8H2,1H3/t9-/m0/s1. The minimum absolute atomic E-state index is 0.722. The Hall–Kier alpha value is -0.980. The molecule has 0 saturated heterocycles. The summed E-state index contributed by atoms with van der Waals surface area (Å²) < 4.78 is 5.63. The number of para-hydroxylation sites is 1. The van der Waals surface area contributed by atoms with Crippen LogP contribution < -0.4 is 4.74 Å². The molecule has 0 bridgehead atoms. The van der Waals surface area contributed by atoms with Crippen LogP contribution in [0.15, 0.2) is 24.3 Å². The van der Waals surface area contributed by atoms with Gasteiger partial charge in [0.25, 0.3) is 0 Å². The molecule has 1 aliphatic heterocycles. The Morgan fingerprint density at radius 3 is 3.08 bits per heavy atom. The second-order valence-electron chi connectivity index (χ2n) is 3.40. The van der Waals surface area contributed by atoms with Gasteiger partial charge in [0.1, 0.15) is 5.75 Å². The maximum atomic E-state index is 5.63. The Labute approximate surface area is 73.4 Å². The monoisotopic (exact) mass is 162 g/mol. The average molecular weight is 162 g/mol. The van der Waals surface area contributed by atoms with Gasteiger partial charge in [-0.1, -0.05) is 25.1 Å². The summed E-state index contributed by atoms with van der Waals surface area (Å²) in [6.45, 7) is 3.12. The Bertz CT molecular complexity index is 267. The predicted molar refractivity (Wildman–Crippen MR) is 49.4 cm³/mol. The summed E-state index contributed by atoms with van der Waals surface area (Å²) in [4.78, 5) is 0. The van der Waals surface area contributed by atoms with Crippen LogP contribution in [-0.2, 0) is 6.42 Å². The number of hydrogen-bond donors (Lipinski definition) is 0. The van der Waals surface area contributed by atoms with Crippen molar-refractivity contribution in [1.82, 2.24) is 0 Å². The maximum absolute atomic E-state index is 5.63. The third-order valence-electron chi connectivity index (χ3n) is 2.53. The molecular formula is C11H14O. The Morgan fingerprint density at radius 2 is 2.25 bits per heavy atom. The van der Waals surface area contributed by atoms with E-state index in [1.54, 1.807) is 0 Å². The molecule has 1 heteroatoms. The van der Waals surface area contributed by atoms with Crippen molar-refractivity contribution in [1.29, 1.82) is 0 Å². The molecule has 0 radical (unpaired) electrons. The van der Waals surface area contributed by atoms with Gasteiger partial charge in [-0.3, -0.25) is 0 Å². The van der Waals surface area contributed by atoms with Crippen LogP contribution in [0.5, 0.6) is 5.75 Å². The lowest BCUT2D eigenvalue weighted by Crippen LogP contribution is -2.19. The van der Waals surface area contributed by atoms with Gasteiger partial charge >= 0.3 is 0 Å². The fraction of sp³-hybridized carbons (Fsp3) is 0.455. The molecule has 64 valence electrons. The van der Waals surface area contributed by atoms with Gasteiger partial charge < -0.3 is 4.74 Å². The van der Waals surface area contributed by atoms with E-state index in [9.17, 15) is 0 Å². The fourth-order valence-electron chi connectivity index (χ4n) is 1.65. The molecule has 1 aromatic carbocycles. The first kappa shape index (κ1) is 7.66. The van der Waals surface area contributed by atoms with Crippen molar-refractivity contribution < 1.29 is 4.74 Å². The molecule has 0 fully saturated rings. The quantitative estimate of drug-likeness (QED) is 0.617. The zero-order chi connectivity index (χ0) is 8.39. The molecule has 1 heterocycles. The second kappa shape index (κ2) is 3.18. The van der Waals surface area contributed by atoms with E-state index in [1.807, 2.05) is 6.07 Å². The molecule has 0 amide bonds. The highest BCUT2D eigenvalue weighted by Crippen LogP contribution is 2.27. The number of ether oxygens (including phenoxy) is 1. The Balaban J connectivity index is 2.23. The van der Waals surface area contributed by atoms with E-state index in [0.29, 0.717) is 0 Å². The molecule has 0 aromatic heterocycles. The van der Waals surface area contributed by atoms with Crippen molar-refractivity contribution in [2.75, 3.05) is 6.61 Å². The summed E-state index contributed by atoms with van der Waals surface area (Å²) in [5.74, 6) is 1.81. The first-order valence-corrected chi connectivity index (χ1v) is 4.61. The maximum Gasteiger partial charge on any atom is 0.122 e. The SMILES string of the molecule is CC[C@@H]1COc2ccccc2C1. The van der Waals surface area contributed by atoms with Gasteiger partial charge in [0, 0.05) is 0 Å². The van der Waals surface area contributed by atoms with E-state index in [-0.39, 0.29) is 0 Å². The minimum atomic E-state index is 0.722. The summed E-state index contributed by atoms with van der Waals surface area (Å²) in [7, 11) is 0. The zero-order valence-electron chi connectivity index (χ0n) is 7.42. The van der Waals surface area contributed by atoms with Gasteiger partial charge in [-0.05, 0) is 30.4 Å². The summed E-state index contributed by atoms with van der Waals surface area (Å²) in [6, 6.07) is 8.34. The first-order chi connectivity index (χ1) is 5.90. The smallest absolute Gasteiger partial charge is 0.122 e. The first-order valence-electron chi connectivity index (χ1n) is 4.61. The predicted octanol–water partition coefficient (Wildman–Crippen LogP) is 2.65. The van der Waals surface area contributed by atoms with Gasteiger partial charge in [0.2, 0.25) is 0 Å². The van der Waals surface area contributed by atoms with E-state index in [4.69, 9.17) is 4.74 Å². The highest BCUT2D eigenvalue weighted by atomic mass is 16.5. The van der Waals surface area contributed by atoms with Crippen molar-refractivity contribution in [3.63, 3.8) is 0 Å². The van der Waals surface area contributed by atoms with E-state index in [2.05, 4.69) is 25.1 Å². The van der Waals surface area contributed by atoms with Crippen molar-refractivity contribution in [2.45, 2.75) is 19.8 Å². The van der Waals surface area contributed by atoms with Crippen molar-refractivity contribution >= 4 is 0 Å². The topological polar surface area (TPSA) is 9.23 Å². The molecule has 0 spiro atoms. The van der Waals surface area contributed by atoms with Crippen LogP contribution in [0.3, 0.4) is 0 Å². The summed E-state index contributed by atoms with van der Waals surface area (Å²) in [6.07, 6.45) is 2.40. The van der Waals surface area contributed by atoms with Gasteiger partial charge in [0.05, 0.1) is 6.61 Å². The summed E-state index contributed by atoms with van der Waals surface area (Å²) in [5.41, 5.74) is 1.37. The summed E-state index contributed by atoms with van der Waals surface area (Å²) >= 11 is 0. The van der Waals surface area contributed by atoms with Crippen molar-refractivity contribution in [2.24, 2.45) is 5.92 Å². The van der Waals surface area contributed by atoms with Crippen LogP contribution in [0.4, 0.5) is 0 Å². The molecule has 0 unspecified atom stereocenters. The number of rotatable bonds is 1. The van der Waals surface area contributed by atoms with E-state index >= 15 is 0 Å². The number of fused-ring (bicyclic) bond motifs is 1. The Kier molecular flexibility index (Phi) is 2.03.